The van der Waals surface area contributed by atoms with Gasteiger partial charge in [-0.2, -0.15) is 0 Å². The molecule has 10 heteroatoms. The maximum atomic E-state index is 13.2. The Bertz CT molecular complexity index is 918. The Morgan fingerprint density at radius 3 is 2.70 bits per heavy atom. The predicted octanol–water partition coefficient (Wildman–Crippen LogP) is 0.589. The summed E-state index contributed by atoms with van der Waals surface area (Å²) in [6.45, 7) is 3.47. The molecule has 2 N–H and O–H groups in total. The van der Waals surface area contributed by atoms with Gasteiger partial charge in [-0.15, -0.1) is 0 Å². The van der Waals surface area contributed by atoms with Gasteiger partial charge in [-0.3, -0.25) is 0 Å². The number of nitrogens with zero attached hydrogens (tertiary/aromatic N) is 4. The van der Waals surface area contributed by atoms with Gasteiger partial charge in [0.1, 0.15) is 0 Å². The molecule has 2 aromatic heterocycles. The van der Waals surface area contributed by atoms with Crippen molar-refractivity contribution in [3.05, 3.63) is 29.6 Å². The Morgan fingerprint density at radius 1 is 1.37 bits per heavy atom. The van der Waals surface area contributed by atoms with Crippen LogP contribution in [0.5, 0.6) is 0 Å². The van der Waals surface area contributed by atoms with Crippen molar-refractivity contribution < 1.29 is 18.0 Å². The Balaban J connectivity index is 1.63. The summed E-state index contributed by atoms with van der Waals surface area (Å²) in [6, 6.07) is 2.36. The molecule has 1 spiro atoms. The summed E-state index contributed by atoms with van der Waals surface area (Å²) in [5.41, 5.74) is 6.45. The number of carbonyl (C=O) groups is 1. The van der Waals surface area contributed by atoms with E-state index >= 15 is 0 Å². The van der Waals surface area contributed by atoms with E-state index in [4.69, 9.17) is 5.73 Å². The molecule has 2 aliphatic heterocycles. The van der Waals surface area contributed by atoms with Crippen molar-refractivity contribution in [1.29, 1.82) is 0 Å². The van der Waals surface area contributed by atoms with E-state index in [0.717, 1.165) is 18.2 Å². The fraction of sp³-hybridized carbons (Fsp3) is 0.471. The first-order valence-electron chi connectivity index (χ1n) is 8.50. The van der Waals surface area contributed by atoms with Gasteiger partial charge in [0.15, 0.2) is 0 Å². The van der Waals surface area contributed by atoms with Crippen molar-refractivity contribution >= 4 is 27.2 Å². The number of hydrogen-bond donors (Lipinski definition) is 1. The standard InChI is InChI=1S/C17H17AsF3N5O/c1-9(22)15(27)25-7-16(8-25)2-3-26-13(16)5-12(24-26)10-4-11(17(19,20)21)14(18)23-6-10/h4-6,9H,2-3,7-8,22H2,1H3. The molecular formula is C17H17AsF3N5O. The third-order valence-corrected chi connectivity index (χ3v) is 6.03. The second-order valence-electron chi connectivity index (χ2n) is 7.24. The number of halogens is 3. The van der Waals surface area contributed by atoms with Gasteiger partial charge < -0.3 is 5.73 Å². The molecule has 6 nitrogen and oxygen atoms in total. The van der Waals surface area contributed by atoms with Crippen LogP contribution in [0, 0.1) is 0 Å². The first kappa shape index (κ1) is 18.5. The third-order valence-electron chi connectivity index (χ3n) is 5.28. The van der Waals surface area contributed by atoms with Crippen LogP contribution in [0.1, 0.15) is 24.6 Å². The topological polar surface area (TPSA) is 77.0 Å². The zero-order valence-electron chi connectivity index (χ0n) is 14.5. The number of amides is 1. The summed E-state index contributed by atoms with van der Waals surface area (Å²) in [7, 11) is 0. The zero-order valence-corrected chi connectivity index (χ0v) is 16.4. The van der Waals surface area contributed by atoms with Gasteiger partial charge in [0.05, 0.1) is 0 Å². The number of rotatable bonds is 2. The summed E-state index contributed by atoms with van der Waals surface area (Å²) in [6.07, 6.45) is -2.21. The minimum atomic E-state index is -4.47. The molecule has 142 valence electrons. The Kier molecular flexibility index (Phi) is 4.16. The van der Waals surface area contributed by atoms with E-state index in [9.17, 15) is 18.0 Å². The van der Waals surface area contributed by atoms with Crippen molar-refractivity contribution in [2.75, 3.05) is 13.1 Å². The minimum absolute atomic E-state index is 0.0884. The summed E-state index contributed by atoms with van der Waals surface area (Å²) in [4.78, 5) is 17.6. The molecule has 1 fully saturated rings. The van der Waals surface area contributed by atoms with Crippen LogP contribution in [-0.2, 0) is 22.9 Å². The van der Waals surface area contributed by atoms with E-state index in [-0.39, 0.29) is 15.8 Å². The molecule has 2 aromatic rings. The Morgan fingerprint density at radius 2 is 2.07 bits per heavy atom. The molecule has 1 unspecified atom stereocenters. The SMILES string of the molecule is CC(N)C(=O)N1CC2(CCn3nc(-c4cnc([As])c(C(F)(F)F)c4)cc32)C1. The average molecular weight is 439 g/mol. The third kappa shape index (κ3) is 2.97. The molecule has 1 atom stereocenters. The van der Waals surface area contributed by atoms with Crippen molar-refractivity contribution in [2.24, 2.45) is 5.73 Å². The van der Waals surface area contributed by atoms with Gasteiger partial charge >= 0.3 is 149 Å². The summed E-state index contributed by atoms with van der Waals surface area (Å²) >= 11 is 1.84. The number of hydrogen-bond acceptors (Lipinski definition) is 4. The van der Waals surface area contributed by atoms with E-state index in [1.54, 1.807) is 11.8 Å². The van der Waals surface area contributed by atoms with Gasteiger partial charge in [-0.1, -0.05) is 0 Å². The second-order valence-corrected chi connectivity index (χ2v) is 8.13. The normalized spacial score (nSPS) is 19.1. The number of aryl methyl sites for hydroxylation is 1. The van der Waals surface area contributed by atoms with E-state index in [2.05, 4.69) is 10.1 Å². The molecule has 1 amide bonds. The quantitative estimate of drug-likeness (QED) is 0.696. The molecule has 4 rings (SSSR count). The molecule has 0 saturated carbocycles. The van der Waals surface area contributed by atoms with Crippen LogP contribution in [0.2, 0.25) is 0 Å². The van der Waals surface area contributed by atoms with Gasteiger partial charge in [-0.05, 0) is 6.92 Å². The van der Waals surface area contributed by atoms with E-state index in [0.29, 0.717) is 30.9 Å². The molecule has 4 heterocycles. The van der Waals surface area contributed by atoms with Crippen LogP contribution in [0.25, 0.3) is 11.3 Å². The average Bonchev–Trinajstić information content (AvgIpc) is 3.11. The molecule has 2 radical (unpaired) electrons. The fourth-order valence-electron chi connectivity index (χ4n) is 3.86. The van der Waals surface area contributed by atoms with Crippen LogP contribution in [0.3, 0.4) is 0 Å². The summed E-state index contributed by atoms with van der Waals surface area (Å²) in [5.74, 6) is -0.0884. The number of aromatic nitrogens is 3. The number of likely N-dealkylation sites (tertiary alicyclic amines) is 1. The number of carbonyl (C=O) groups excluding carboxylic acids is 1. The molecule has 27 heavy (non-hydrogen) atoms. The first-order chi connectivity index (χ1) is 12.6. The fourth-order valence-corrected chi connectivity index (χ4v) is 4.38. The van der Waals surface area contributed by atoms with Crippen LogP contribution in [-0.4, -0.2) is 61.6 Å². The molecular weight excluding hydrogens is 422 g/mol. The second kappa shape index (κ2) is 6.07. The number of nitrogens with two attached hydrogens (primary N) is 1. The maximum absolute atomic E-state index is 13.2. The van der Waals surface area contributed by atoms with Crippen molar-refractivity contribution in [3.8, 4) is 11.3 Å². The van der Waals surface area contributed by atoms with Gasteiger partial charge in [0, 0.05) is 0 Å². The number of fused-ring (bicyclic) bond motifs is 2. The van der Waals surface area contributed by atoms with Gasteiger partial charge in [0.25, 0.3) is 0 Å². The number of alkyl halides is 3. The molecule has 0 aromatic carbocycles. The summed E-state index contributed by atoms with van der Waals surface area (Å²) in [5, 5.41) is 4.47. The van der Waals surface area contributed by atoms with Gasteiger partial charge in [0.2, 0.25) is 0 Å². The van der Waals surface area contributed by atoms with Crippen LogP contribution >= 0.6 is 0 Å². The molecule has 0 aliphatic carbocycles. The molecule has 0 bridgehead atoms. The Hall–Kier alpha value is -1.86. The number of pyridine rings is 1. The van der Waals surface area contributed by atoms with E-state index < -0.39 is 17.8 Å². The van der Waals surface area contributed by atoms with Crippen molar-refractivity contribution in [1.82, 2.24) is 19.7 Å². The van der Waals surface area contributed by atoms with Gasteiger partial charge in [-0.25, -0.2) is 0 Å². The molecule has 1 saturated heterocycles. The van der Waals surface area contributed by atoms with Crippen molar-refractivity contribution in [3.63, 3.8) is 0 Å². The van der Waals surface area contributed by atoms with Crippen LogP contribution in [0.4, 0.5) is 13.2 Å². The van der Waals surface area contributed by atoms with Crippen LogP contribution < -0.4 is 10.2 Å². The predicted molar refractivity (Wildman–Crippen MR) is 92.4 cm³/mol. The molecule has 2 aliphatic rings. The monoisotopic (exact) mass is 439 g/mol. The zero-order chi connectivity index (χ0) is 19.6. The first-order valence-corrected chi connectivity index (χ1v) is 9.44. The van der Waals surface area contributed by atoms with Crippen molar-refractivity contribution in [2.45, 2.75) is 37.5 Å². The van der Waals surface area contributed by atoms with E-state index in [1.165, 1.54) is 6.20 Å². The van der Waals surface area contributed by atoms with Crippen LogP contribution in [0.15, 0.2) is 18.3 Å². The van der Waals surface area contributed by atoms with E-state index in [1.807, 2.05) is 27.6 Å². The Labute approximate surface area is 162 Å². The summed E-state index contributed by atoms with van der Waals surface area (Å²) < 4.78 is 41.2.